The van der Waals surface area contributed by atoms with Gasteiger partial charge in [-0.05, 0) is 42.0 Å². The zero-order valence-corrected chi connectivity index (χ0v) is 17.5. The number of morpholine rings is 1. The zero-order chi connectivity index (χ0) is 21.2. The Kier molecular flexibility index (Phi) is 5.51. The summed E-state index contributed by atoms with van der Waals surface area (Å²) in [5.74, 6) is 0.566. The van der Waals surface area contributed by atoms with Crippen LogP contribution in [0.1, 0.15) is 27.9 Å². The quantitative estimate of drug-likeness (QED) is 0.456. The highest BCUT2D eigenvalue weighted by molar-refractivity contribution is 6.30. The normalized spacial score (nSPS) is 15.8. The molecule has 0 unspecified atom stereocenters. The minimum absolute atomic E-state index is 0.234. The highest BCUT2D eigenvalue weighted by Crippen LogP contribution is 2.41. The van der Waals surface area contributed by atoms with Crippen LogP contribution in [0.4, 0.5) is 5.69 Å². The third-order valence-electron chi connectivity index (χ3n) is 5.43. The van der Waals surface area contributed by atoms with E-state index < -0.39 is 0 Å². The smallest absolute Gasteiger partial charge is 0.291 e. The lowest BCUT2D eigenvalue weighted by atomic mass is 10.0. The van der Waals surface area contributed by atoms with Crippen LogP contribution in [0, 0.1) is 0 Å². The SMILES string of the molecule is O=C(Nc1c([C@H](c2cccc(Cl)c2)N2CCOCC2)oc2ccccc12)c1ccco1. The number of ether oxygens (including phenoxy) is 1. The van der Waals surface area contributed by atoms with Crippen molar-refractivity contribution < 1.29 is 18.4 Å². The predicted octanol–water partition coefficient (Wildman–Crippen LogP) is 5.35. The number of halogens is 1. The van der Waals surface area contributed by atoms with Crippen LogP contribution < -0.4 is 5.32 Å². The number of benzene rings is 2. The fourth-order valence-electron chi connectivity index (χ4n) is 4.01. The molecule has 0 radical (unpaired) electrons. The Morgan fingerprint density at radius 3 is 2.65 bits per heavy atom. The van der Waals surface area contributed by atoms with E-state index >= 15 is 0 Å². The number of para-hydroxylation sites is 1. The highest BCUT2D eigenvalue weighted by atomic mass is 35.5. The Hall–Kier alpha value is -3.06. The van der Waals surface area contributed by atoms with Crippen LogP contribution in [-0.2, 0) is 4.74 Å². The van der Waals surface area contributed by atoms with E-state index in [1.807, 2.05) is 48.5 Å². The largest absolute Gasteiger partial charge is 0.459 e. The van der Waals surface area contributed by atoms with Gasteiger partial charge >= 0.3 is 0 Å². The Labute approximate surface area is 184 Å². The number of anilines is 1. The van der Waals surface area contributed by atoms with Gasteiger partial charge in [-0.15, -0.1) is 0 Å². The molecule has 3 heterocycles. The number of nitrogens with one attached hydrogen (secondary N) is 1. The average molecular weight is 437 g/mol. The van der Waals surface area contributed by atoms with E-state index in [0.29, 0.717) is 35.3 Å². The number of amides is 1. The lowest BCUT2D eigenvalue weighted by Crippen LogP contribution is -2.39. The number of carbonyl (C=O) groups is 1. The fraction of sp³-hybridized carbons (Fsp3) is 0.208. The van der Waals surface area contributed by atoms with Crippen LogP contribution in [0.2, 0.25) is 5.02 Å². The van der Waals surface area contributed by atoms with Crippen molar-refractivity contribution in [3.63, 3.8) is 0 Å². The maximum atomic E-state index is 12.9. The molecule has 1 amide bonds. The van der Waals surface area contributed by atoms with Crippen molar-refractivity contribution in [2.75, 3.05) is 31.6 Å². The first-order chi connectivity index (χ1) is 15.2. The highest BCUT2D eigenvalue weighted by Gasteiger charge is 2.32. The summed E-state index contributed by atoms with van der Waals surface area (Å²) in [4.78, 5) is 15.1. The maximum absolute atomic E-state index is 12.9. The summed E-state index contributed by atoms with van der Waals surface area (Å²) in [7, 11) is 0. The van der Waals surface area contributed by atoms with Crippen LogP contribution in [0.5, 0.6) is 0 Å². The molecule has 1 fully saturated rings. The molecule has 0 aliphatic carbocycles. The Balaban J connectivity index is 1.65. The van der Waals surface area contributed by atoms with E-state index in [1.165, 1.54) is 6.26 Å². The summed E-state index contributed by atoms with van der Waals surface area (Å²) in [5, 5.41) is 4.50. The molecule has 2 aromatic carbocycles. The van der Waals surface area contributed by atoms with Crippen molar-refractivity contribution in [3.8, 4) is 0 Å². The number of nitrogens with zero attached hydrogens (tertiary/aromatic N) is 1. The van der Waals surface area contributed by atoms with Gasteiger partial charge in [-0.25, -0.2) is 0 Å². The van der Waals surface area contributed by atoms with E-state index in [1.54, 1.807) is 12.1 Å². The lowest BCUT2D eigenvalue weighted by molar-refractivity contribution is 0.0206. The maximum Gasteiger partial charge on any atom is 0.291 e. The van der Waals surface area contributed by atoms with Crippen LogP contribution in [0.25, 0.3) is 11.0 Å². The minimum Gasteiger partial charge on any atom is -0.459 e. The number of rotatable bonds is 5. The third-order valence-corrected chi connectivity index (χ3v) is 5.66. The van der Waals surface area contributed by atoms with Crippen LogP contribution in [-0.4, -0.2) is 37.1 Å². The Bertz CT molecular complexity index is 1200. The molecule has 1 saturated heterocycles. The summed E-state index contributed by atoms with van der Waals surface area (Å²) in [5.41, 5.74) is 2.32. The molecule has 0 bridgehead atoms. The summed E-state index contributed by atoms with van der Waals surface area (Å²) in [6.07, 6.45) is 1.48. The molecule has 158 valence electrons. The van der Waals surface area contributed by atoms with Gasteiger partial charge in [0.1, 0.15) is 11.3 Å². The first kappa shape index (κ1) is 19.9. The number of hydrogen-bond donors (Lipinski definition) is 1. The van der Waals surface area contributed by atoms with Gasteiger partial charge in [0.2, 0.25) is 0 Å². The molecule has 7 heteroatoms. The molecule has 0 saturated carbocycles. The van der Waals surface area contributed by atoms with Gasteiger partial charge in [-0.2, -0.15) is 0 Å². The van der Waals surface area contributed by atoms with Crippen molar-refractivity contribution in [2.45, 2.75) is 6.04 Å². The molecule has 31 heavy (non-hydrogen) atoms. The molecule has 1 atom stereocenters. The van der Waals surface area contributed by atoms with Gasteiger partial charge in [-0.1, -0.05) is 35.9 Å². The molecule has 1 aliphatic heterocycles. The molecule has 0 spiro atoms. The molecule has 4 aromatic rings. The molecule has 6 nitrogen and oxygen atoms in total. The van der Waals surface area contributed by atoms with E-state index in [2.05, 4.69) is 10.2 Å². The van der Waals surface area contributed by atoms with Gasteiger partial charge in [0.05, 0.1) is 31.2 Å². The van der Waals surface area contributed by atoms with Gasteiger partial charge in [0.25, 0.3) is 5.91 Å². The molecule has 1 aliphatic rings. The second kappa shape index (κ2) is 8.59. The fourth-order valence-corrected chi connectivity index (χ4v) is 4.21. The van der Waals surface area contributed by atoms with E-state index in [0.717, 1.165) is 24.0 Å². The van der Waals surface area contributed by atoms with Gasteiger partial charge < -0.3 is 18.9 Å². The summed E-state index contributed by atoms with van der Waals surface area (Å²) in [6.45, 7) is 2.73. The number of hydrogen-bond acceptors (Lipinski definition) is 5. The number of fused-ring (bicyclic) bond motifs is 1. The van der Waals surface area contributed by atoms with Gasteiger partial charge in [0, 0.05) is 23.5 Å². The Morgan fingerprint density at radius 2 is 1.87 bits per heavy atom. The Morgan fingerprint density at radius 1 is 1.03 bits per heavy atom. The zero-order valence-electron chi connectivity index (χ0n) is 16.7. The van der Waals surface area contributed by atoms with E-state index in [9.17, 15) is 4.79 Å². The van der Waals surface area contributed by atoms with Crippen molar-refractivity contribution in [1.82, 2.24) is 4.90 Å². The first-order valence-electron chi connectivity index (χ1n) is 10.1. The first-order valence-corrected chi connectivity index (χ1v) is 10.5. The second-order valence-corrected chi connectivity index (χ2v) is 7.81. The average Bonchev–Trinajstić information content (AvgIpc) is 3.44. The number of carbonyl (C=O) groups excluding carboxylic acids is 1. The summed E-state index contributed by atoms with van der Waals surface area (Å²) < 4.78 is 17.2. The van der Waals surface area contributed by atoms with E-state index in [4.69, 9.17) is 25.2 Å². The van der Waals surface area contributed by atoms with Gasteiger partial charge in [0.15, 0.2) is 5.76 Å². The van der Waals surface area contributed by atoms with Crippen molar-refractivity contribution in [2.24, 2.45) is 0 Å². The van der Waals surface area contributed by atoms with Crippen LogP contribution >= 0.6 is 11.6 Å². The second-order valence-electron chi connectivity index (χ2n) is 7.37. The standard InChI is InChI=1S/C24H21ClN2O4/c25-17-6-3-5-16(15-17)22(27-10-13-29-14-11-27)23-21(18-7-1-2-8-19(18)31-23)26-24(28)20-9-4-12-30-20/h1-9,12,15,22H,10-11,13-14H2,(H,26,28)/t22-/m0/s1. The summed E-state index contributed by atoms with van der Waals surface area (Å²) in [6, 6.07) is 18.5. The molecular formula is C24H21ClN2O4. The molecule has 1 N–H and O–H groups in total. The molecular weight excluding hydrogens is 416 g/mol. The van der Waals surface area contributed by atoms with Crippen molar-refractivity contribution in [1.29, 1.82) is 0 Å². The monoisotopic (exact) mass is 436 g/mol. The van der Waals surface area contributed by atoms with Crippen molar-refractivity contribution >= 4 is 34.2 Å². The van der Waals surface area contributed by atoms with Gasteiger partial charge in [-0.3, -0.25) is 9.69 Å². The molecule has 5 rings (SSSR count). The topological polar surface area (TPSA) is 67.9 Å². The van der Waals surface area contributed by atoms with Crippen LogP contribution in [0.15, 0.2) is 75.8 Å². The van der Waals surface area contributed by atoms with Crippen LogP contribution in [0.3, 0.4) is 0 Å². The third kappa shape index (κ3) is 3.97. The number of furan rings is 2. The minimum atomic E-state index is -0.329. The van der Waals surface area contributed by atoms with E-state index in [-0.39, 0.29) is 17.7 Å². The summed E-state index contributed by atoms with van der Waals surface area (Å²) >= 11 is 6.33. The molecule has 2 aromatic heterocycles. The predicted molar refractivity (Wildman–Crippen MR) is 119 cm³/mol. The van der Waals surface area contributed by atoms with Crippen molar-refractivity contribution in [3.05, 3.63) is 89.0 Å². The lowest BCUT2D eigenvalue weighted by Gasteiger charge is -2.34.